The molecule has 1 saturated heterocycles. The fourth-order valence-electron chi connectivity index (χ4n) is 2.60. The number of hydrogen-bond acceptors (Lipinski definition) is 3. The van der Waals surface area contributed by atoms with Gasteiger partial charge in [-0.25, -0.2) is 4.79 Å². The molecule has 5 heteroatoms. The van der Waals surface area contributed by atoms with Crippen LogP contribution in [-0.4, -0.2) is 54.6 Å². The van der Waals surface area contributed by atoms with Crippen molar-refractivity contribution in [1.29, 1.82) is 0 Å². The molecule has 1 aliphatic heterocycles. The van der Waals surface area contributed by atoms with E-state index in [1.54, 1.807) is 16.7 Å². The molecule has 1 fully saturated rings. The second-order valence-electron chi connectivity index (χ2n) is 5.20. The zero-order valence-electron chi connectivity index (χ0n) is 12.6. The summed E-state index contributed by atoms with van der Waals surface area (Å²) in [7, 11) is 1.83. The van der Waals surface area contributed by atoms with E-state index in [9.17, 15) is 9.59 Å². The zero-order chi connectivity index (χ0) is 15.2. The van der Waals surface area contributed by atoms with Crippen LogP contribution in [0.1, 0.15) is 30.1 Å². The van der Waals surface area contributed by atoms with Crippen molar-refractivity contribution < 1.29 is 14.3 Å². The summed E-state index contributed by atoms with van der Waals surface area (Å²) in [5, 5.41) is 0. The molecule has 0 aliphatic carbocycles. The van der Waals surface area contributed by atoms with Crippen molar-refractivity contribution >= 4 is 12.0 Å². The third-order valence-electron chi connectivity index (χ3n) is 3.88. The SMILES string of the molecule is CCOC(=O)N1CCC(N(C)C(=O)c2ccccc2)CC1. The van der Waals surface area contributed by atoms with E-state index in [1.165, 1.54) is 0 Å². The van der Waals surface area contributed by atoms with Crippen LogP contribution >= 0.6 is 0 Å². The molecule has 0 spiro atoms. The predicted octanol–water partition coefficient (Wildman–Crippen LogP) is 2.38. The highest BCUT2D eigenvalue weighted by atomic mass is 16.6. The molecule has 2 amide bonds. The second kappa shape index (κ2) is 7.11. The first-order valence-corrected chi connectivity index (χ1v) is 7.37. The minimum Gasteiger partial charge on any atom is -0.450 e. The van der Waals surface area contributed by atoms with Crippen LogP contribution in [0.3, 0.4) is 0 Å². The minimum absolute atomic E-state index is 0.0326. The molecule has 0 N–H and O–H groups in total. The fraction of sp³-hybridized carbons (Fsp3) is 0.500. The van der Waals surface area contributed by atoms with Crippen molar-refractivity contribution in [2.75, 3.05) is 26.7 Å². The summed E-state index contributed by atoms with van der Waals surface area (Å²) in [5.74, 6) is 0.0326. The summed E-state index contributed by atoms with van der Waals surface area (Å²) in [6, 6.07) is 9.45. The molecule has 0 atom stereocenters. The summed E-state index contributed by atoms with van der Waals surface area (Å²) in [5.41, 5.74) is 0.702. The Hall–Kier alpha value is -2.04. The molecule has 1 aliphatic rings. The van der Waals surface area contributed by atoms with E-state index in [2.05, 4.69) is 0 Å². The van der Waals surface area contributed by atoms with Crippen LogP contribution in [0.5, 0.6) is 0 Å². The second-order valence-corrected chi connectivity index (χ2v) is 5.20. The first kappa shape index (κ1) is 15.4. The average Bonchev–Trinajstić information content (AvgIpc) is 2.54. The van der Waals surface area contributed by atoms with Gasteiger partial charge in [-0.3, -0.25) is 4.79 Å². The summed E-state index contributed by atoms with van der Waals surface area (Å²) < 4.78 is 5.00. The number of amides is 2. The van der Waals surface area contributed by atoms with Gasteiger partial charge in [-0.1, -0.05) is 18.2 Å². The predicted molar refractivity (Wildman–Crippen MR) is 80.2 cm³/mol. The van der Waals surface area contributed by atoms with Crippen molar-refractivity contribution in [3.05, 3.63) is 35.9 Å². The first-order chi connectivity index (χ1) is 10.1. The third-order valence-corrected chi connectivity index (χ3v) is 3.88. The van der Waals surface area contributed by atoms with E-state index in [1.807, 2.05) is 37.4 Å². The third kappa shape index (κ3) is 3.74. The molecule has 21 heavy (non-hydrogen) atoms. The van der Waals surface area contributed by atoms with Gasteiger partial charge in [0.25, 0.3) is 5.91 Å². The maximum absolute atomic E-state index is 12.4. The first-order valence-electron chi connectivity index (χ1n) is 7.37. The number of likely N-dealkylation sites (tertiary alicyclic amines) is 1. The van der Waals surface area contributed by atoms with Gasteiger partial charge in [-0.2, -0.15) is 0 Å². The van der Waals surface area contributed by atoms with Crippen LogP contribution in [0.4, 0.5) is 4.79 Å². The Morgan fingerprint density at radius 1 is 1.24 bits per heavy atom. The van der Waals surface area contributed by atoms with Gasteiger partial charge in [0.05, 0.1) is 6.61 Å². The Morgan fingerprint density at radius 2 is 1.86 bits per heavy atom. The van der Waals surface area contributed by atoms with Crippen molar-refractivity contribution in [2.24, 2.45) is 0 Å². The highest BCUT2D eigenvalue weighted by Crippen LogP contribution is 2.18. The molecule has 1 heterocycles. The molecule has 5 nitrogen and oxygen atoms in total. The summed E-state index contributed by atoms with van der Waals surface area (Å²) in [6.45, 7) is 3.47. The van der Waals surface area contributed by atoms with Crippen molar-refractivity contribution in [3.63, 3.8) is 0 Å². The molecule has 2 rings (SSSR count). The Kier molecular flexibility index (Phi) is 5.20. The van der Waals surface area contributed by atoms with Gasteiger partial charge in [0.15, 0.2) is 0 Å². The molecule has 0 bridgehead atoms. The van der Waals surface area contributed by atoms with E-state index < -0.39 is 0 Å². The van der Waals surface area contributed by atoms with Gasteiger partial charge in [0, 0.05) is 31.7 Å². The van der Waals surface area contributed by atoms with E-state index in [-0.39, 0.29) is 18.0 Å². The molecule has 0 radical (unpaired) electrons. The normalized spacial score (nSPS) is 15.6. The number of nitrogens with zero attached hydrogens (tertiary/aromatic N) is 2. The van der Waals surface area contributed by atoms with Crippen LogP contribution in [0.2, 0.25) is 0 Å². The molecule has 0 unspecified atom stereocenters. The Bertz CT molecular complexity index is 482. The van der Waals surface area contributed by atoms with Gasteiger partial charge in [-0.15, -0.1) is 0 Å². The average molecular weight is 290 g/mol. The van der Waals surface area contributed by atoms with Gasteiger partial charge >= 0.3 is 6.09 Å². The quantitative estimate of drug-likeness (QED) is 0.859. The summed E-state index contributed by atoms with van der Waals surface area (Å²) in [4.78, 5) is 27.5. The lowest BCUT2D eigenvalue weighted by Crippen LogP contribution is -2.47. The van der Waals surface area contributed by atoms with Crippen LogP contribution in [-0.2, 0) is 4.74 Å². The number of hydrogen-bond donors (Lipinski definition) is 0. The number of benzene rings is 1. The van der Waals surface area contributed by atoms with E-state index in [0.29, 0.717) is 25.3 Å². The molecule has 0 saturated carbocycles. The smallest absolute Gasteiger partial charge is 0.409 e. The lowest BCUT2D eigenvalue weighted by molar-refractivity contribution is 0.0602. The van der Waals surface area contributed by atoms with Crippen molar-refractivity contribution in [1.82, 2.24) is 9.80 Å². The Morgan fingerprint density at radius 3 is 2.43 bits per heavy atom. The number of carbonyl (C=O) groups excluding carboxylic acids is 2. The topological polar surface area (TPSA) is 49.9 Å². The Labute approximate surface area is 125 Å². The van der Waals surface area contributed by atoms with Crippen LogP contribution in [0.15, 0.2) is 30.3 Å². The van der Waals surface area contributed by atoms with Gasteiger partial charge in [-0.05, 0) is 31.9 Å². The molecule has 1 aromatic rings. The highest BCUT2D eigenvalue weighted by molar-refractivity contribution is 5.94. The summed E-state index contributed by atoms with van der Waals surface area (Å²) in [6.07, 6.45) is 1.31. The lowest BCUT2D eigenvalue weighted by atomic mass is 10.0. The van der Waals surface area contributed by atoms with Crippen molar-refractivity contribution in [3.8, 4) is 0 Å². The number of ether oxygens (including phenoxy) is 1. The molecular weight excluding hydrogens is 268 g/mol. The number of piperidine rings is 1. The number of rotatable bonds is 3. The maximum atomic E-state index is 12.4. The van der Waals surface area contributed by atoms with Crippen LogP contribution < -0.4 is 0 Å². The maximum Gasteiger partial charge on any atom is 0.409 e. The fourth-order valence-corrected chi connectivity index (χ4v) is 2.60. The zero-order valence-corrected chi connectivity index (χ0v) is 12.6. The van der Waals surface area contributed by atoms with Crippen LogP contribution in [0.25, 0.3) is 0 Å². The van der Waals surface area contributed by atoms with Crippen molar-refractivity contribution in [2.45, 2.75) is 25.8 Å². The largest absolute Gasteiger partial charge is 0.450 e. The van der Waals surface area contributed by atoms with E-state index in [0.717, 1.165) is 12.8 Å². The summed E-state index contributed by atoms with van der Waals surface area (Å²) >= 11 is 0. The highest BCUT2D eigenvalue weighted by Gasteiger charge is 2.28. The van der Waals surface area contributed by atoms with Gasteiger partial charge in [0.1, 0.15) is 0 Å². The molecular formula is C16H22N2O3. The van der Waals surface area contributed by atoms with Gasteiger partial charge < -0.3 is 14.5 Å². The standard InChI is InChI=1S/C16H22N2O3/c1-3-21-16(20)18-11-9-14(10-12-18)17(2)15(19)13-7-5-4-6-8-13/h4-8,14H,3,9-12H2,1-2H3. The molecule has 1 aromatic carbocycles. The van der Waals surface area contributed by atoms with Gasteiger partial charge in [0.2, 0.25) is 0 Å². The van der Waals surface area contributed by atoms with Crippen LogP contribution in [0, 0.1) is 0 Å². The lowest BCUT2D eigenvalue weighted by Gasteiger charge is -2.36. The van der Waals surface area contributed by atoms with E-state index in [4.69, 9.17) is 4.74 Å². The Balaban J connectivity index is 1.90. The van der Waals surface area contributed by atoms with E-state index >= 15 is 0 Å². The molecule has 114 valence electrons. The number of carbonyl (C=O) groups is 2. The monoisotopic (exact) mass is 290 g/mol. The minimum atomic E-state index is -0.256. The molecule has 0 aromatic heterocycles.